The lowest BCUT2D eigenvalue weighted by molar-refractivity contribution is 0.190. The predicted octanol–water partition coefficient (Wildman–Crippen LogP) is 1.63. The molecule has 0 fully saturated rings. The summed E-state index contributed by atoms with van der Waals surface area (Å²) in [4.78, 5) is 6.81. The maximum absolute atomic E-state index is 5.06. The van der Waals surface area contributed by atoms with Gasteiger partial charge in [0.1, 0.15) is 0 Å². The third kappa shape index (κ3) is 5.52. The van der Waals surface area contributed by atoms with Gasteiger partial charge in [-0.05, 0) is 30.9 Å². The normalized spacial score (nSPS) is 16.7. The first kappa shape index (κ1) is 17.8. The molecule has 1 unspecified atom stereocenters. The van der Waals surface area contributed by atoms with E-state index in [1.54, 1.807) is 7.11 Å². The summed E-state index contributed by atoms with van der Waals surface area (Å²) in [6.45, 7) is 6.98. The average Bonchev–Trinajstić information content (AvgIpc) is 2.60. The highest BCUT2D eigenvalue weighted by molar-refractivity contribution is 5.79. The van der Waals surface area contributed by atoms with E-state index in [-0.39, 0.29) is 0 Å². The molecule has 5 heteroatoms. The summed E-state index contributed by atoms with van der Waals surface area (Å²) >= 11 is 0. The van der Waals surface area contributed by atoms with E-state index < -0.39 is 0 Å². The van der Waals surface area contributed by atoms with Crippen LogP contribution in [0.5, 0.6) is 0 Å². The van der Waals surface area contributed by atoms with Crippen LogP contribution in [0.4, 0.5) is 0 Å². The minimum Gasteiger partial charge on any atom is -0.385 e. The van der Waals surface area contributed by atoms with Crippen LogP contribution in [0.2, 0.25) is 0 Å². The quantitative estimate of drug-likeness (QED) is 0.456. The molecule has 0 radical (unpaired) electrons. The van der Waals surface area contributed by atoms with Crippen LogP contribution in [-0.4, -0.2) is 57.3 Å². The van der Waals surface area contributed by atoms with Crippen molar-refractivity contribution in [1.82, 2.24) is 15.5 Å². The first-order valence-electron chi connectivity index (χ1n) is 8.49. The number of hydrogen-bond acceptors (Lipinski definition) is 3. The van der Waals surface area contributed by atoms with Crippen LogP contribution in [0.25, 0.3) is 0 Å². The molecule has 1 aliphatic heterocycles. The molecule has 1 aliphatic rings. The second-order valence-electron chi connectivity index (χ2n) is 6.06. The third-order valence-electron chi connectivity index (χ3n) is 4.39. The summed E-state index contributed by atoms with van der Waals surface area (Å²) in [5.41, 5.74) is 2.97. The molecule has 0 spiro atoms. The van der Waals surface area contributed by atoms with Crippen LogP contribution in [0.3, 0.4) is 0 Å². The highest BCUT2D eigenvalue weighted by atomic mass is 16.5. The Bertz CT molecular complexity index is 504. The first-order chi connectivity index (χ1) is 11.2. The van der Waals surface area contributed by atoms with E-state index in [0.717, 1.165) is 51.6 Å². The van der Waals surface area contributed by atoms with E-state index in [1.807, 2.05) is 7.05 Å². The molecule has 0 bridgehead atoms. The van der Waals surface area contributed by atoms with Crippen molar-refractivity contribution in [2.45, 2.75) is 32.4 Å². The minimum absolute atomic E-state index is 0.473. The maximum Gasteiger partial charge on any atom is 0.191 e. The Kier molecular flexibility index (Phi) is 7.36. The van der Waals surface area contributed by atoms with Crippen LogP contribution in [-0.2, 0) is 17.7 Å². The summed E-state index contributed by atoms with van der Waals surface area (Å²) in [5, 5.41) is 6.74. The molecule has 1 atom stereocenters. The number of nitrogens with one attached hydrogen (secondary N) is 2. The fraction of sp³-hybridized carbons (Fsp3) is 0.611. The van der Waals surface area contributed by atoms with E-state index in [0.29, 0.717) is 6.04 Å². The van der Waals surface area contributed by atoms with Crippen molar-refractivity contribution in [2.24, 2.45) is 4.99 Å². The molecule has 1 heterocycles. The highest BCUT2D eigenvalue weighted by Gasteiger charge is 2.20. The van der Waals surface area contributed by atoms with Gasteiger partial charge in [-0.3, -0.25) is 9.89 Å². The fourth-order valence-corrected chi connectivity index (χ4v) is 2.91. The van der Waals surface area contributed by atoms with E-state index in [9.17, 15) is 0 Å². The number of benzene rings is 1. The molecule has 0 saturated heterocycles. The molecular formula is C18H30N4O. The van der Waals surface area contributed by atoms with Gasteiger partial charge in [-0.25, -0.2) is 0 Å². The summed E-state index contributed by atoms with van der Waals surface area (Å²) < 4.78 is 5.06. The van der Waals surface area contributed by atoms with Gasteiger partial charge in [0.2, 0.25) is 0 Å². The topological polar surface area (TPSA) is 48.9 Å². The highest BCUT2D eigenvalue weighted by Crippen LogP contribution is 2.19. The van der Waals surface area contributed by atoms with E-state index in [1.165, 1.54) is 11.1 Å². The Morgan fingerprint density at radius 2 is 2.09 bits per heavy atom. The zero-order valence-corrected chi connectivity index (χ0v) is 14.6. The van der Waals surface area contributed by atoms with Gasteiger partial charge < -0.3 is 15.4 Å². The number of rotatable bonds is 7. The molecule has 128 valence electrons. The van der Waals surface area contributed by atoms with Crippen LogP contribution in [0.1, 0.15) is 24.5 Å². The molecule has 23 heavy (non-hydrogen) atoms. The van der Waals surface area contributed by atoms with Gasteiger partial charge >= 0.3 is 0 Å². The van der Waals surface area contributed by atoms with Crippen LogP contribution in [0.15, 0.2) is 29.3 Å². The Balaban J connectivity index is 1.75. The van der Waals surface area contributed by atoms with E-state index >= 15 is 0 Å². The molecule has 2 rings (SSSR count). The second kappa shape index (κ2) is 9.53. The standard InChI is InChI=1S/C18H30N4O/c1-15(13-21-18(19-2)20-10-6-12-23-3)22-11-9-16-7-4-5-8-17(16)14-22/h4-5,7-8,15H,6,9-14H2,1-3H3,(H2,19,20,21). The molecular weight excluding hydrogens is 288 g/mol. The lowest BCUT2D eigenvalue weighted by Crippen LogP contribution is -2.47. The van der Waals surface area contributed by atoms with Gasteiger partial charge in [-0.15, -0.1) is 0 Å². The molecule has 0 aliphatic carbocycles. The Morgan fingerprint density at radius 3 is 2.83 bits per heavy atom. The van der Waals surface area contributed by atoms with Gasteiger partial charge in [0, 0.05) is 53.0 Å². The van der Waals surface area contributed by atoms with Crippen molar-refractivity contribution >= 4 is 5.96 Å². The second-order valence-corrected chi connectivity index (χ2v) is 6.06. The van der Waals surface area contributed by atoms with Gasteiger partial charge in [-0.1, -0.05) is 24.3 Å². The van der Waals surface area contributed by atoms with Gasteiger partial charge in [0.15, 0.2) is 5.96 Å². The van der Waals surface area contributed by atoms with Crippen LogP contribution >= 0.6 is 0 Å². The third-order valence-corrected chi connectivity index (χ3v) is 4.39. The number of hydrogen-bond donors (Lipinski definition) is 2. The Hall–Kier alpha value is -1.59. The number of aliphatic imine (C=N–C) groups is 1. The molecule has 5 nitrogen and oxygen atoms in total. The Morgan fingerprint density at radius 1 is 1.30 bits per heavy atom. The van der Waals surface area contributed by atoms with Crippen molar-refractivity contribution in [2.75, 3.05) is 40.4 Å². The zero-order chi connectivity index (χ0) is 16.5. The number of nitrogens with zero attached hydrogens (tertiary/aromatic N) is 2. The molecule has 0 amide bonds. The average molecular weight is 318 g/mol. The smallest absolute Gasteiger partial charge is 0.191 e. The molecule has 2 N–H and O–H groups in total. The van der Waals surface area contributed by atoms with Crippen molar-refractivity contribution in [3.8, 4) is 0 Å². The van der Waals surface area contributed by atoms with Crippen molar-refractivity contribution < 1.29 is 4.74 Å². The van der Waals surface area contributed by atoms with E-state index in [2.05, 4.69) is 51.7 Å². The maximum atomic E-state index is 5.06. The summed E-state index contributed by atoms with van der Waals surface area (Å²) in [6.07, 6.45) is 2.13. The lowest BCUT2D eigenvalue weighted by atomic mass is 9.99. The first-order valence-corrected chi connectivity index (χ1v) is 8.49. The van der Waals surface area contributed by atoms with Gasteiger partial charge in [-0.2, -0.15) is 0 Å². The zero-order valence-electron chi connectivity index (χ0n) is 14.6. The van der Waals surface area contributed by atoms with E-state index in [4.69, 9.17) is 4.74 Å². The number of ether oxygens (including phenoxy) is 1. The molecule has 1 aromatic rings. The van der Waals surface area contributed by atoms with Crippen molar-refractivity contribution in [3.05, 3.63) is 35.4 Å². The minimum atomic E-state index is 0.473. The van der Waals surface area contributed by atoms with Crippen molar-refractivity contribution in [1.29, 1.82) is 0 Å². The van der Waals surface area contributed by atoms with Crippen molar-refractivity contribution in [3.63, 3.8) is 0 Å². The summed E-state index contributed by atoms with van der Waals surface area (Å²) in [7, 11) is 3.54. The monoisotopic (exact) mass is 318 g/mol. The predicted molar refractivity (Wildman–Crippen MR) is 95.9 cm³/mol. The van der Waals surface area contributed by atoms with Crippen LogP contribution in [0, 0.1) is 0 Å². The lowest BCUT2D eigenvalue weighted by Gasteiger charge is -2.34. The SMILES string of the molecule is CN=C(NCCCOC)NCC(C)N1CCc2ccccc2C1. The molecule has 0 aromatic heterocycles. The summed E-state index contributed by atoms with van der Waals surface area (Å²) in [5.74, 6) is 0.866. The number of guanidine groups is 1. The number of methoxy groups -OCH3 is 1. The van der Waals surface area contributed by atoms with Gasteiger partial charge in [0.05, 0.1) is 0 Å². The largest absolute Gasteiger partial charge is 0.385 e. The van der Waals surface area contributed by atoms with Gasteiger partial charge in [0.25, 0.3) is 0 Å². The summed E-state index contributed by atoms with van der Waals surface area (Å²) in [6, 6.07) is 9.25. The Labute approximate surface area is 140 Å². The molecule has 1 aromatic carbocycles. The number of fused-ring (bicyclic) bond motifs is 1. The van der Waals surface area contributed by atoms with Crippen LogP contribution < -0.4 is 10.6 Å². The fourth-order valence-electron chi connectivity index (χ4n) is 2.91. The molecule has 0 saturated carbocycles.